The van der Waals surface area contributed by atoms with E-state index in [1.807, 2.05) is 0 Å². The van der Waals surface area contributed by atoms with Crippen molar-refractivity contribution in [1.29, 1.82) is 0 Å². The third-order valence-electron chi connectivity index (χ3n) is 1.62. The first kappa shape index (κ1) is 7.76. The van der Waals surface area contributed by atoms with Gasteiger partial charge in [0.15, 0.2) is 0 Å². The van der Waals surface area contributed by atoms with E-state index in [9.17, 15) is 0 Å². The monoisotopic (exact) mass is 164 g/mol. The summed E-state index contributed by atoms with van der Waals surface area (Å²) in [5, 5.41) is 0. The predicted molar refractivity (Wildman–Crippen MR) is 45.1 cm³/mol. The molecule has 0 aromatic carbocycles. The average Bonchev–Trinajstić information content (AvgIpc) is 2.15. The molecule has 1 aliphatic carbocycles. The van der Waals surface area contributed by atoms with Crippen LogP contribution in [0, 0.1) is 0 Å². The first-order valence-corrected chi connectivity index (χ1v) is 4.34. The Labute approximate surface area is 67.0 Å². The largest absolute Gasteiger partial charge is 0.355 e. The zero-order valence-electron chi connectivity index (χ0n) is 5.29. The molecule has 1 nitrogen and oxygen atoms in total. The second kappa shape index (κ2) is 3.74. The summed E-state index contributed by atoms with van der Waals surface area (Å²) in [7, 11) is 0. The van der Waals surface area contributed by atoms with E-state index in [0.717, 1.165) is 0 Å². The summed E-state index contributed by atoms with van der Waals surface area (Å²) in [5.74, 6) is 0. The molecule has 1 fully saturated rings. The number of ether oxygens (including phenoxy) is 1. The van der Waals surface area contributed by atoms with Crippen LogP contribution in [0.2, 0.25) is 0 Å². The first-order valence-electron chi connectivity index (χ1n) is 3.30. The van der Waals surface area contributed by atoms with E-state index in [-0.39, 0.29) is 4.77 Å². The fourth-order valence-electron chi connectivity index (χ4n) is 1.20. The lowest BCUT2D eigenvalue weighted by atomic mass is 10.3. The van der Waals surface area contributed by atoms with Gasteiger partial charge in [-0.1, -0.05) is 12.8 Å². The van der Waals surface area contributed by atoms with Crippen molar-refractivity contribution in [2.45, 2.75) is 36.6 Å². The molecule has 54 valence electrons. The van der Waals surface area contributed by atoms with Gasteiger partial charge in [-0.25, -0.2) is 0 Å². The van der Waals surface area contributed by atoms with Gasteiger partial charge in [0.25, 0.3) is 0 Å². The van der Waals surface area contributed by atoms with Gasteiger partial charge >= 0.3 is 0 Å². The van der Waals surface area contributed by atoms with Crippen LogP contribution in [-0.2, 0) is 4.74 Å². The van der Waals surface area contributed by atoms with Crippen molar-refractivity contribution in [3.63, 3.8) is 0 Å². The van der Waals surface area contributed by atoms with Crippen LogP contribution >= 0.6 is 25.3 Å². The fourth-order valence-corrected chi connectivity index (χ4v) is 1.54. The minimum absolute atomic E-state index is 0.187. The summed E-state index contributed by atoms with van der Waals surface area (Å²) in [6, 6.07) is 0. The number of rotatable bonds is 2. The molecule has 0 spiro atoms. The Bertz CT molecular complexity index is 79.1. The van der Waals surface area contributed by atoms with Gasteiger partial charge < -0.3 is 4.74 Å². The molecular formula is C6H12OS2. The molecule has 0 aromatic heterocycles. The molecule has 0 atom stereocenters. The lowest BCUT2D eigenvalue weighted by Gasteiger charge is -2.11. The number of hydrogen-bond acceptors (Lipinski definition) is 3. The lowest BCUT2D eigenvalue weighted by molar-refractivity contribution is 0.0818. The van der Waals surface area contributed by atoms with E-state index >= 15 is 0 Å². The average molecular weight is 164 g/mol. The highest BCUT2D eigenvalue weighted by molar-refractivity contribution is 7.98. The molecular weight excluding hydrogens is 152 g/mol. The quantitative estimate of drug-likeness (QED) is 0.469. The Morgan fingerprint density at radius 1 is 1.22 bits per heavy atom. The van der Waals surface area contributed by atoms with Crippen LogP contribution in [-0.4, -0.2) is 10.9 Å². The minimum atomic E-state index is -0.187. The molecule has 0 unspecified atom stereocenters. The van der Waals surface area contributed by atoms with Crippen LogP contribution in [0.4, 0.5) is 0 Å². The van der Waals surface area contributed by atoms with Crippen LogP contribution in [0.15, 0.2) is 0 Å². The minimum Gasteiger partial charge on any atom is -0.355 e. The van der Waals surface area contributed by atoms with Crippen LogP contribution in [0.3, 0.4) is 0 Å². The SMILES string of the molecule is SC(S)OC1CCCC1. The molecule has 0 bridgehead atoms. The van der Waals surface area contributed by atoms with Gasteiger partial charge in [-0.05, 0) is 12.8 Å². The molecule has 1 saturated carbocycles. The maximum Gasteiger partial charge on any atom is 0.144 e. The predicted octanol–water partition coefficient (Wildman–Crippen LogP) is 2.09. The summed E-state index contributed by atoms with van der Waals surface area (Å²) < 4.78 is 5.15. The van der Waals surface area contributed by atoms with E-state index < -0.39 is 0 Å². The second-order valence-electron chi connectivity index (χ2n) is 2.37. The van der Waals surface area contributed by atoms with Crippen molar-refractivity contribution in [2.75, 3.05) is 0 Å². The summed E-state index contributed by atoms with van der Waals surface area (Å²) in [5.41, 5.74) is 0. The Morgan fingerprint density at radius 3 is 2.22 bits per heavy atom. The summed E-state index contributed by atoms with van der Waals surface area (Å²) in [4.78, 5) is 0. The smallest absolute Gasteiger partial charge is 0.144 e. The van der Waals surface area contributed by atoms with Crippen molar-refractivity contribution in [2.24, 2.45) is 0 Å². The Balaban J connectivity index is 2.11. The van der Waals surface area contributed by atoms with Gasteiger partial charge in [-0.3, -0.25) is 0 Å². The van der Waals surface area contributed by atoms with E-state index in [1.165, 1.54) is 25.7 Å². The van der Waals surface area contributed by atoms with Crippen LogP contribution < -0.4 is 0 Å². The maximum absolute atomic E-state index is 5.34. The Hall–Kier alpha value is 0.660. The topological polar surface area (TPSA) is 9.23 Å². The number of hydrogen-bond donors (Lipinski definition) is 2. The highest BCUT2D eigenvalue weighted by Crippen LogP contribution is 2.23. The highest BCUT2D eigenvalue weighted by Gasteiger charge is 2.16. The Kier molecular flexibility index (Phi) is 3.22. The second-order valence-corrected chi connectivity index (χ2v) is 3.71. The summed E-state index contributed by atoms with van der Waals surface area (Å²) in [6.07, 6.45) is 5.43. The van der Waals surface area contributed by atoms with Crippen LogP contribution in [0.25, 0.3) is 0 Å². The van der Waals surface area contributed by atoms with Crippen molar-refractivity contribution >= 4 is 25.3 Å². The maximum atomic E-state index is 5.34. The number of thiol groups is 2. The highest BCUT2D eigenvalue weighted by atomic mass is 32.2. The summed E-state index contributed by atoms with van der Waals surface area (Å²) in [6.45, 7) is 0. The van der Waals surface area contributed by atoms with Crippen LogP contribution in [0.5, 0.6) is 0 Å². The van der Waals surface area contributed by atoms with E-state index in [2.05, 4.69) is 25.3 Å². The standard InChI is InChI=1S/C6H12OS2/c8-6(9)7-5-3-1-2-4-5/h5-6,8-9H,1-4H2. The van der Waals surface area contributed by atoms with E-state index in [0.29, 0.717) is 6.10 Å². The van der Waals surface area contributed by atoms with Crippen molar-refractivity contribution in [3.8, 4) is 0 Å². The molecule has 0 aliphatic heterocycles. The molecule has 0 radical (unpaired) electrons. The van der Waals surface area contributed by atoms with Gasteiger partial charge in [0.1, 0.15) is 4.77 Å². The normalized spacial score (nSPS) is 21.7. The third-order valence-corrected chi connectivity index (χ3v) is 1.86. The zero-order valence-corrected chi connectivity index (χ0v) is 7.07. The molecule has 3 heteroatoms. The fraction of sp³-hybridized carbons (Fsp3) is 1.00. The van der Waals surface area contributed by atoms with Gasteiger partial charge in [-0.15, -0.1) is 25.3 Å². The molecule has 0 saturated heterocycles. The van der Waals surface area contributed by atoms with E-state index in [4.69, 9.17) is 4.74 Å². The molecule has 0 amide bonds. The van der Waals surface area contributed by atoms with Crippen molar-refractivity contribution < 1.29 is 4.74 Å². The first-order chi connectivity index (χ1) is 4.29. The van der Waals surface area contributed by atoms with Gasteiger partial charge in [0.05, 0.1) is 6.10 Å². The van der Waals surface area contributed by atoms with Crippen molar-refractivity contribution in [1.82, 2.24) is 0 Å². The van der Waals surface area contributed by atoms with Crippen molar-refractivity contribution in [3.05, 3.63) is 0 Å². The molecule has 1 aliphatic rings. The van der Waals surface area contributed by atoms with Gasteiger partial charge in [0, 0.05) is 0 Å². The summed E-state index contributed by atoms with van der Waals surface area (Å²) >= 11 is 8.03. The molecule has 0 aromatic rings. The molecule has 0 N–H and O–H groups in total. The van der Waals surface area contributed by atoms with Gasteiger partial charge in [-0.2, -0.15) is 0 Å². The van der Waals surface area contributed by atoms with E-state index in [1.54, 1.807) is 0 Å². The molecule has 0 heterocycles. The molecule has 9 heavy (non-hydrogen) atoms. The Morgan fingerprint density at radius 2 is 1.78 bits per heavy atom. The molecule has 1 rings (SSSR count). The zero-order chi connectivity index (χ0) is 6.69. The lowest BCUT2D eigenvalue weighted by Crippen LogP contribution is -2.10. The van der Waals surface area contributed by atoms with Crippen LogP contribution in [0.1, 0.15) is 25.7 Å². The van der Waals surface area contributed by atoms with Gasteiger partial charge in [0.2, 0.25) is 0 Å². The third kappa shape index (κ3) is 2.83.